The first-order chi connectivity index (χ1) is 6.78. The molecular formula is C8H3Cl2F3O2. The van der Waals surface area contributed by atoms with Crippen LogP contribution in [-0.4, -0.2) is 11.1 Å². The van der Waals surface area contributed by atoms with Crippen LogP contribution in [0.3, 0.4) is 0 Å². The Morgan fingerprint density at radius 3 is 2.33 bits per heavy atom. The molecule has 0 aliphatic rings. The van der Waals surface area contributed by atoms with Crippen molar-refractivity contribution in [1.29, 1.82) is 0 Å². The van der Waals surface area contributed by atoms with E-state index in [2.05, 4.69) is 0 Å². The number of hydrogen-bond acceptors (Lipinski definition) is 1. The summed E-state index contributed by atoms with van der Waals surface area (Å²) in [6.45, 7) is 0. The van der Waals surface area contributed by atoms with Crippen molar-refractivity contribution in [3.8, 4) is 0 Å². The summed E-state index contributed by atoms with van der Waals surface area (Å²) >= 11 is 10.7. The lowest BCUT2D eigenvalue weighted by Gasteiger charge is -2.14. The molecule has 1 rings (SSSR count). The summed E-state index contributed by atoms with van der Waals surface area (Å²) in [6.07, 6.45) is 0. The van der Waals surface area contributed by atoms with E-state index >= 15 is 0 Å². The van der Waals surface area contributed by atoms with Gasteiger partial charge in [-0.2, -0.15) is 8.78 Å². The number of hydrogen-bond donors (Lipinski definition) is 1. The van der Waals surface area contributed by atoms with Crippen LogP contribution in [0.5, 0.6) is 0 Å². The molecule has 0 atom stereocenters. The van der Waals surface area contributed by atoms with Gasteiger partial charge in [0.25, 0.3) is 0 Å². The molecule has 0 aliphatic carbocycles. The van der Waals surface area contributed by atoms with Crippen LogP contribution in [0.2, 0.25) is 10.0 Å². The summed E-state index contributed by atoms with van der Waals surface area (Å²) < 4.78 is 39.0. The molecule has 0 bridgehead atoms. The highest BCUT2D eigenvalue weighted by Gasteiger charge is 2.45. The minimum atomic E-state index is -4.41. The third kappa shape index (κ3) is 2.03. The van der Waals surface area contributed by atoms with Gasteiger partial charge in [0.2, 0.25) is 0 Å². The normalized spacial score (nSPS) is 11.5. The topological polar surface area (TPSA) is 37.3 Å². The highest BCUT2D eigenvalue weighted by Crippen LogP contribution is 2.39. The zero-order chi connectivity index (χ0) is 11.8. The molecule has 0 radical (unpaired) electrons. The Balaban J connectivity index is 3.49. The molecule has 0 spiro atoms. The quantitative estimate of drug-likeness (QED) is 0.827. The average Bonchev–Trinajstić information content (AvgIpc) is 2.11. The maximum atomic E-state index is 13.0. The third-order valence-corrected chi connectivity index (χ3v) is 2.43. The molecule has 0 unspecified atom stereocenters. The Kier molecular flexibility index (Phi) is 3.16. The van der Waals surface area contributed by atoms with Gasteiger partial charge in [0, 0.05) is 0 Å². The van der Waals surface area contributed by atoms with Crippen molar-refractivity contribution >= 4 is 29.2 Å². The van der Waals surface area contributed by atoms with E-state index in [0.29, 0.717) is 6.07 Å². The van der Waals surface area contributed by atoms with Crippen molar-refractivity contribution in [1.82, 2.24) is 0 Å². The van der Waals surface area contributed by atoms with Crippen LogP contribution in [-0.2, 0) is 10.7 Å². The Hall–Kier alpha value is -0.940. The van der Waals surface area contributed by atoms with Crippen molar-refractivity contribution in [3.63, 3.8) is 0 Å². The van der Waals surface area contributed by atoms with Gasteiger partial charge in [0.15, 0.2) is 0 Å². The minimum absolute atomic E-state index is 0.339. The predicted molar refractivity (Wildman–Crippen MR) is 47.9 cm³/mol. The molecule has 0 amide bonds. The van der Waals surface area contributed by atoms with Crippen LogP contribution in [0.4, 0.5) is 13.2 Å². The molecule has 0 saturated heterocycles. The van der Waals surface area contributed by atoms with Gasteiger partial charge in [-0.3, -0.25) is 0 Å². The maximum absolute atomic E-state index is 13.0. The van der Waals surface area contributed by atoms with Crippen molar-refractivity contribution in [2.75, 3.05) is 0 Å². The van der Waals surface area contributed by atoms with Gasteiger partial charge in [0.05, 0.1) is 15.6 Å². The Morgan fingerprint density at radius 2 is 1.87 bits per heavy atom. The van der Waals surface area contributed by atoms with Crippen LogP contribution < -0.4 is 0 Å². The van der Waals surface area contributed by atoms with Crippen LogP contribution in [0.25, 0.3) is 0 Å². The average molecular weight is 259 g/mol. The lowest BCUT2D eigenvalue weighted by molar-refractivity contribution is -0.166. The summed E-state index contributed by atoms with van der Waals surface area (Å²) in [6, 6.07) is 1.58. The lowest BCUT2D eigenvalue weighted by Crippen LogP contribution is -2.27. The van der Waals surface area contributed by atoms with E-state index in [1.807, 2.05) is 0 Å². The molecule has 1 N–H and O–H groups in total. The van der Waals surface area contributed by atoms with E-state index in [1.54, 1.807) is 0 Å². The molecule has 1 aromatic carbocycles. The Morgan fingerprint density at radius 1 is 1.33 bits per heavy atom. The fourth-order valence-electron chi connectivity index (χ4n) is 0.922. The first-order valence-electron chi connectivity index (χ1n) is 3.53. The second kappa shape index (κ2) is 3.90. The van der Waals surface area contributed by atoms with Crippen molar-refractivity contribution in [2.24, 2.45) is 0 Å². The van der Waals surface area contributed by atoms with Gasteiger partial charge >= 0.3 is 11.9 Å². The van der Waals surface area contributed by atoms with Gasteiger partial charge in [0.1, 0.15) is 5.82 Å². The number of alkyl halides is 2. The van der Waals surface area contributed by atoms with E-state index in [-0.39, 0.29) is 5.02 Å². The zero-order valence-corrected chi connectivity index (χ0v) is 8.41. The SMILES string of the molecule is O=C(O)C(F)(F)c1c(F)ccc(Cl)c1Cl. The highest BCUT2D eigenvalue weighted by molar-refractivity contribution is 6.42. The largest absolute Gasteiger partial charge is 0.477 e. The summed E-state index contributed by atoms with van der Waals surface area (Å²) in [7, 11) is 0. The summed E-state index contributed by atoms with van der Waals surface area (Å²) in [5.74, 6) is -8.33. The second-order valence-electron chi connectivity index (χ2n) is 2.60. The molecule has 82 valence electrons. The Bertz CT molecular complexity index is 421. The first kappa shape index (κ1) is 12.1. The molecule has 0 saturated carbocycles. The monoisotopic (exact) mass is 258 g/mol. The van der Waals surface area contributed by atoms with Crippen LogP contribution in [0, 0.1) is 5.82 Å². The summed E-state index contributed by atoms with van der Waals surface area (Å²) in [5, 5.41) is 7.08. The number of carboxylic acids is 1. The van der Waals surface area contributed by atoms with E-state index in [9.17, 15) is 18.0 Å². The van der Waals surface area contributed by atoms with Crippen LogP contribution in [0.15, 0.2) is 12.1 Å². The zero-order valence-electron chi connectivity index (χ0n) is 6.90. The first-order valence-corrected chi connectivity index (χ1v) is 4.29. The van der Waals surface area contributed by atoms with Crippen molar-refractivity contribution < 1.29 is 23.1 Å². The molecule has 0 fully saturated rings. The molecule has 2 nitrogen and oxygen atoms in total. The van der Waals surface area contributed by atoms with Gasteiger partial charge < -0.3 is 5.11 Å². The summed E-state index contributed by atoms with van der Waals surface area (Å²) in [4.78, 5) is 10.2. The number of carboxylic acid groups (broad SMARTS) is 1. The van der Waals surface area contributed by atoms with Gasteiger partial charge in [-0.1, -0.05) is 23.2 Å². The van der Waals surface area contributed by atoms with E-state index in [1.165, 1.54) is 0 Å². The maximum Gasteiger partial charge on any atom is 0.379 e. The molecule has 15 heavy (non-hydrogen) atoms. The molecule has 1 aromatic rings. The van der Waals surface area contributed by atoms with Crippen molar-refractivity contribution in [2.45, 2.75) is 5.92 Å². The number of halogens is 5. The van der Waals surface area contributed by atoms with Gasteiger partial charge in [-0.15, -0.1) is 0 Å². The molecule has 7 heteroatoms. The molecule has 0 aromatic heterocycles. The highest BCUT2D eigenvalue weighted by atomic mass is 35.5. The van der Waals surface area contributed by atoms with Crippen LogP contribution in [0.1, 0.15) is 5.56 Å². The lowest BCUT2D eigenvalue weighted by atomic mass is 10.1. The van der Waals surface area contributed by atoms with E-state index < -0.39 is 28.3 Å². The smallest absolute Gasteiger partial charge is 0.379 e. The fourth-order valence-corrected chi connectivity index (χ4v) is 1.35. The number of carbonyl (C=O) groups is 1. The van der Waals surface area contributed by atoms with Gasteiger partial charge in [-0.25, -0.2) is 9.18 Å². The van der Waals surface area contributed by atoms with Gasteiger partial charge in [-0.05, 0) is 12.1 Å². The summed E-state index contributed by atoms with van der Waals surface area (Å²) in [5.41, 5.74) is -1.43. The number of aliphatic carboxylic acids is 1. The van der Waals surface area contributed by atoms with Crippen LogP contribution >= 0.6 is 23.2 Å². The standard InChI is InChI=1S/C8H3Cl2F3O2/c9-3-1-2-4(11)5(6(3)10)8(12,13)7(14)15/h1-2H,(H,14,15). The molecular weight excluding hydrogens is 256 g/mol. The number of benzene rings is 1. The molecule has 0 heterocycles. The fraction of sp³-hybridized carbons (Fsp3) is 0.125. The molecule has 0 aliphatic heterocycles. The predicted octanol–water partition coefficient (Wildman–Crippen LogP) is 3.31. The van der Waals surface area contributed by atoms with Crippen molar-refractivity contribution in [3.05, 3.63) is 33.6 Å². The second-order valence-corrected chi connectivity index (χ2v) is 3.38. The number of rotatable bonds is 2. The third-order valence-electron chi connectivity index (χ3n) is 1.63. The minimum Gasteiger partial charge on any atom is -0.477 e. The van der Waals surface area contributed by atoms with E-state index in [0.717, 1.165) is 6.07 Å². The van der Waals surface area contributed by atoms with E-state index in [4.69, 9.17) is 28.3 Å². The Labute approximate surface area is 92.2 Å².